The molecule has 14 heteroatoms. The fraction of sp³-hybridized carbons (Fsp3) is 0.306. The Hall–Kier alpha value is -4.50. The van der Waals surface area contributed by atoms with E-state index >= 15 is 0 Å². The Morgan fingerprint density at radius 2 is 1.03 bits per heavy atom. The van der Waals surface area contributed by atoms with Crippen molar-refractivity contribution < 1.29 is 16.8 Å². The Morgan fingerprint density at radius 1 is 0.587 bits per heavy atom. The van der Waals surface area contributed by atoms with Gasteiger partial charge in [0, 0.05) is 81.8 Å². The molecule has 2 fully saturated rings. The molecule has 5 aromatic carbocycles. The van der Waals surface area contributed by atoms with Gasteiger partial charge in [-0.15, -0.1) is 0 Å². The molecule has 2 aromatic heterocycles. The van der Waals surface area contributed by atoms with Crippen LogP contribution in [0.4, 0.5) is 0 Å². The molecule has 330 valence electrons. The summed E-state index contributed by atoms with van der Waals surface area (Å²) in [5, 5.41) is 5.93. The van der Waals surface area contributed by atoms with Crippen LogP contribution in [-0.2, 0) is 50.6 Å². The van der Waals surface area contributed by atoms with E-state index in [2.05, 4.69) is 113 Å². The number of likely N-dealkylation sites (tertiary alicyclic amines) is 1. The first kappa shape index (κ1) is 45.1. The van der Waals surface area contributed by atoms with E-state index in [0.29, 0.717) is 21.1 Å². The van der Waals surface area contributed by atoms with Crippen LogP contribution in [0, 0.1) is 0 Å². The van der Waals surface area contributed by atoms with Gasteiger partial charge in [-0.1, -0.05) is 126 Å². The molecule has 0 radical (unpaired) electrons. The van der Waals surface area contributed by atoms with E-state index < -0.39 is 20.4 Å². The monoisotopic (exact) mass is 924 g/mol. The van der Waals surface area contributed by atoms with Crippen LogP contribution in [0.25, 0.3) is 21.8 Å². The van der Waals surface area contributed by atoms with Crippen molar-refractivity contribution in [2.24, 2.45) is 0 Å². The summed E-state index contributed by atoms with van der Waals surface area (Å²) in [6, 6.07) is 43.8. The van der Waals surface area contributed by atoms with E-state index in [9.17, 15) is 16.8 Å². The van der Waals surface area contributed by atoms with E-state index in [0.717, 1.165) is 69.2 Å². The molecule has 0 amide bonds. The third-order valence-electron chi connectivity index (χ3n) is 12.8. The fourth-order valence-corrected chi connectivity index (χ4v) is 12.0. The lowest BCUT2D eigenvalue weighted by atomic mass is 9.74. The highest BCUT2D eigenvalue weighted by Crippen LogP contribution is 2.42. The first-order valence-electron chi connectivity index (χ1n) is 21.2. The van der Waals surface area contributed by atoms with Crippen molar-refractivity contribution in [1.29, 1.82) is 0 Å². The number of nitrogens with zero attached hydrogens (tertiary/aromatic N) is 5. The van der Waals surface area contributed by atoms with Crippen molar-refractivity contribution in [3.63, 3.8) is 0 Å². The van der Waals surface area contributed by atoms with E-state index in [-0.39, 0.29) is 10.8 Å². The summed E-state index contributed by atoms with van der Waals surface area (Å²) in [6.07, 6.45) is 6.89. The number of aromatic nitrogens is 2. The van der Waals surface area contributed by atoms with Gasteiger partial charge in [-0.2, -0.15) is 25.4 Å². The van der Waals surface area contributed by atoms with Crippen LogP contribution in [0.2, 0.25) is 10.0 Å². The van der Waals surface area contributed by atoms with Crippen molar-refractivity contribution in [2.45, 2.75) is 43.1 Å². The lowest BCUT2D eigenvalue weighted by molar-refractivity contribution is 0.301. The highest BCUT2D eigenvalue weighted by atomic mass is 35.5. The average Bonchev–Trinajstić information content (AvgIpc) is 4.08. The van der Waals surface area contributed by atoms with E-state index in [4.69, 9.17) is 23.2 Å². The summed E-state index contributed by atoms with van der Waals surface area (Å²) in [6.45, 7) is 4.70. The minimum absolute atomic E-state index is 0.0264. The maximum atomic E-state index is 12.8. The second-order valence-corrected chi connectivity index (χ2v) is 22.2. The van der Waals surface area contributed by atoms with Gasteiger partial charge in [-0.25, -0.2) is 7.94 Å². The summed E-state index contributed by atoms with van der Waals surface area (Å²) in [4.78, 5) is 2.52. The van der Waals surface area contributed by atoms with Gasteiger partial charge in [0.15, 0.2) is 0 Å². The van der Waals surface area contributed by atoms with Crippen molar-refractivity contribution in [3.05, 3.63) is 178 Å². The third kappa shape index (κ3) is 9.10. The zero-order valence-electron chi connectivity index (χ0n) is 36.1. The quantitative estimate of drug-likeness (QED) is 0.132. The van der Waals surface area contributed by atoms with Gasteiger partial charge in [0.1, 0.15) is 0 Å². The van der Waals surface area contributed by atoms with Gasteiger partial charge < -0.3 is 5.32 Å². The molecule has 2 unspecified atom stereocenters. The van der Waals surface area contributed by atoms with Crippen LogP contribution in [0.15, 0.2) is 140 Å². The molecule has 1 N–H and O–H groups in total. The number of benzene rings is 5. The predicted octanol–water partition coefficient (Wildman–Crippen LogP) is 8.76. The molecule has 2 atom stereocenters. The van der Waals surface area contributed by atoms with Crippen molar-refractivity contribution in [3.8, 4) is 0 Å². The second kappa shape index (κ2) is 18.2. The molecule has 0 saturated carbocycles. The van der Waals surface area contributed by atoms with Crippen molar-refractivity contribution in [2.75, 3.05) is 54.4 Å². The van der Waals surface area contributed by atoms with Crippen LogP contribution >= 0.6 is 23.2 Å². The Kier molecular flexibility index (Phi) is 13.0. The Labute approximate surface area is 382 Å². The molecule has 0 bridgehead atoms. The lowest BCUT2D eigenvalue weighted by Gasteiger charge is -2.31. The molecule has 0 aliphatic carbocycles. The Morgan fingerprint density at radius 3 is 1.48 bits per heavy atom. The molecule has 2 aliphatic rings. The van der Waals surface area contributed by atoms with Crippen LogP contribution in [0.5, 0.6) is 0 Å². The fourth-order valence-electron chi connectivity index (χ4n) is 9.35. The van der Waals surface area contributed by atoms with Gasteiger partial charge >= 0.3 is 20.4 Å². The Balaban J connectivity index is 0.000000177. The molecule has 2 saturated heterocycles. The third-order valence-corrected chi connectivity index (χ3v) is 16.8. The minimum Gasteiger partial charge on any atom is -0.316 e. The van der Waals surface area contributed by atoms with Gasteiger partial charge in [-0.05, 0) is 90.9 Å². The average molecular weight is 926 g/mol. The zero-order chi connectivity index (χ0) is 44.6. The largest absolute Gasteiger partial charge is 0.316 e. The molecule has 4 heterocycles. The number of hydrogen-bond donors (Lipinski definition) is 1. The molecular weight excluding hydrogens is 872 g/mol. The topological polar surface area (TPSA) is 99.9 Å². The smallest absolute Gasteiger partial charge is 0.307 e. The number of hydrogen-bond acceptors (Lipinski definition) is 6. The highest BCUT2D eigenvalue weighted by Gasteiger charge is 2.40. The van der Waals surface area contributed by atoms with E-state index in [1.165, 1.54) is 85.0 Å². The molecule has 9 rings (SSSR count). The van der Waals surface area contributed by atoms with Gasteiger partial charge in [0.05, 0.1) is 21.1 Å². The first-order valence-corrected chi connectivity index (χ1v) is 24.7. The zero-order valence-corrected chi connectivity index (χ0v) is 39.2. The standard InChI is InChI=1S/C28H30ClN3O2S.C21H24ClN3O2S/c1-30(2)35(33,34)32-20-26(29)25-17-24(13-14-27(25)32)28(18-22-9-5-3-6-10-22)15-16-31(21-28)19-23-11-7-4-8-12-23;1-24(2)28(26,27)25-14-19(22)18-12-17(8-9-20(18)25)21(10-11-23-15-21)13-16-6-4-3-5-7-16/h3-14,17,20H,15-16,18-19,21H2,1-2H3;3-9,12,14,23H,10-11,13,15H2,1-2H3. The number of fused-ring (bicyclic) bond motifs is 2. The predicted molar refractivity (Wildman–Crippen MR) is 257 cm³/mol. The molecule has 2 aliphatic heterocycles. The molecular formula is C49H54Cl2N6O4S2. The first-order chi connectivity index (χ1) is 30.1. The highest BCUT2D eigenvalue weighted by molar-refractivity contribution is 7.88. The minimum atomic E-state index is -3.66. The number of nitrogens with one attached hydrogen (secondary N) is 1. The van der Waals surface area contributed by atoms with Crippen LogP contribution in [0.1, 0.15) is 40.7 Å². The molecule has 7 aromatic rings. The summed E-state index contributed by atoms with van der Waals surface area (Å²) >= 11 is 13.0. The van der Waals surface area contributed by atoms with Gasteiger partial charge in [0.25, 0.3) is 0 Å². The normalized spacial score (nSPS) is 19.6. The Bertz CT molecular complexity index is 2940. The maximum Gasteiger partial charge on any atom is 0.307 e. The van der Waals surface area contributed by atoms with Gasteiger partial charge in [-0.3, -0.25) is 4.90 Å². The number of halogens is 2. The summed E-state index contributed by atoms with van der Waals surface area (Å²) in [5.41, 5.74) is 7.38. The summed E-state index contributed by atoms with van der Waals surface area (Å²) in [5.74, 6) is 0. The van der Waals surface area contributed by atoms with Crippen LogP contribution in [0.3, 0.4) is 0 Å². The van der Waals surface area contributed by atoms with E-state index in [1.54, 1.807) is 0 Å². The molecule has 10 nitrogen and oxygen atoms in total. The molecule has 63 heavy (non-hydrogen) atoms. The van der Waals surface area contributed by atoms with Crippen LogP contribution in [-0.4, -0.2) is 92.7 Å². The van der Waals surface area contributed by atoms with Crippen LogP contribution < -0.4 is 5.32 Å². The van der Waals surface area contributed by atoms with Crippen molar-refractivity contribution >= 4 is 65.4 Å². The lowest BCUT2D eigenvalue weighted by Crippen LogP contribution is -2.33. The summed E-state index contributed by atoms with van der Waals surface area (Å²) < 4.78 is 55.9. The SMILES string of the molecule is CN(C)S(=O)(=O)n1cc(Cl)c2cc(C3(Cc4ccccc4)CCN(Cc4ccccc4)C3)ccc21.CN(C)S(=O)(=O)n1cc(Cl)c2cc(C3(Cc4ccccc4)CCNC3)ccc21. The van der Waals surface area contributed by atoms with Gasteiger partial charge in [0.2, 0.25) is 0 Å². The van der Waals surface area contributed by atoms with E-state index in [1.807, 2.05) is 24.3 Å². The van der Waals surface area contributed by atoms with Crippen molar-refractivity contribution in [1.82, 2.24) is 26.8 Å². The number of rotatable bonds is 12. The maximum absolute atomic E-state index is 12.8. The molecule has 0 spiro atoms. The second-order valence-electron chi connectivity index (χ2n) is 17.3. The summed E-state index contributed by atoms with van der Waals surface area (Å²) in [7, 11) is -1.20.